The van der Waals surface area contributed by atoms with Crippen LogP contribution in [-0.2, 0) is 6.54 Å². The third-order valence-corrected chi connectivity index (χ3v) is 2.62. The van der Waals surface area contributed by atoms with Crippen molar-refractivity contribution in [3.63, 3.8) is 0 Å². The van der Waals surface area contributed by atoms with Gasteiger partial charge in [-0.2, -0.15) is 5.26 Å². The summed E-state index contributed by atoms with van der Waals surface area (Å²) in [6, 6.07) is 12.1. The van der Waals surface area contributed by atoms with Gasteiger partial charge in [-0.1, -0.05) is 37.3 Å². The molecule has 1 unspecified atom stereocenters. The summed E-state index contributed by atoms with van der Waals surface area (Å²) in [6.45, 7) is 4.91. The van der Waals surface area contributed by atoms with Gasteiger partial charge in [0.05, 0.1) is 12.1 Å². The molecule has 0 aliphatic carbocycles. The van der Waals surface area contributed by atoms with Crippen molar-refractivity contribution in [2.24, 2.45) is 5.73 Å². The lowest BCUT2D eigenvalue weighted by Crippen LogP contribution is -2.29. The number of nitrogens with two attached hydrogens (primary N) is 1. The van der Waals surface area contributed by atoms with Crippen molar-refractivity contribution >= 4 is 0 Å². The van der Waals surface area contributed by atoms with Crippen LogP contribution in [0.2, 0.25) is 0 Å². The van der Waals surface area contributed by atoms with Crippen molar-refractivity contribution < 1.29 is 0 Å². The summed E-state index contributed by atoms with van der Waals surface area (Å²) in [4.78, 5) is 2.30. The van der Waals surface area contributed by atoms with E-state index in [-0.39, 0.29) is 6.04 Å². The molecule has 0 saturated heterocycles. The van der Waals surface area contributed by atoms with E-state index in [9.17, 15) is 0 Å². The Morgan fingerprint density at radius 3 is 2.62 bits per heavy atom. The molecule has 0 fully saturated rings. The van der Waals surface area contributed by atoms with E-state index in [1.165, 1.54) is 5.56 Å². The average molecular weight is 217 g/mol. The summed E-state index contributed by atoms with van der Waals surface area (Å²) in [5, 5.41) is 8.62. The van der Waals surface area contributed by atoms with Gasteiger partial charge in [0.1, 0.15) is 0 Å². The Morgan fingerprint density at radius 2 is 2.06 bits per heavy atom. The maximum Gasteiger partial charge on any atom is 0.0940 e. The van der Waals surface area contributed by atoms with Crippen LogP contribution in [0.4, 0.5) is 0 Å². The molecule has 0 aliphatic heterocycles. The Morgan fingerprint density at radius 1 is 1.38 bits per heavy atom. The third kappa shape index (κ3) is 4.43. The Hall–Kier alpha value is -1.37. The highest BCUT2D eigenvalue weighted by Crippen LogP contribution is 2.05. The molecule has 1 aromatic carbocycles. The fraction of sp³-hybridized carbons (Fsp3) is 0.462. The van der Waals surface area contributed by atoms with Gasteiger partial charge in [-0.25, -0.2) is 0 Å². The van der Waals surface area contributed by atoms with E-state index in [1.54, 1.807) is 0 Å². The van der Waals surface area contributed by atoms with Crippen LogP contribution in [0.3, 0.4) is 0 Å². The molecule has 0 aromatic heterocycles. The second kappa shape index (κ2) is 7.00. The number of rotatable bonds is 6. The van der Waals surface area contributed by atoms with Gasteiger partial charge in [-0.3, -0.25) is 4.90 Å². The molecular weight excluding hydrogens is 198 g/mol. The maximum atomic E-state index is 8.62. The number of nitriles is 1. The Bertz CT molecular complexity index is 329. The third-order valence-electron chi connectivity index (χ3n) is 2.62. The standard InChI is InChI=1S/C13H19N3/c1-2-16(9-8-13(15)10-14)11-12-6-4-3-5-7-12/h3-7,13H,2,8-9,11,15H2,1H3. The normalized spacial score (nSPS) is 12.4. The van der Waals surface area contributed by atoms with E-state index in [1.807, 2.05) is 18.2 Å². The van der Waals surface area contributed by atoms with Crippen LogP contribution in [0.5, 0.6) is 0 Å². The summed E-state index contributed by atoms with van der Waals surface area (Å²) in [6.07, 6.45) is 0.733. The van der Waals surface area contributed by atoms with Crippen LogP contribution in [0.15, 0.2) is 30.3 Å². The zero-order chi connectivity index (χ0) is 11.8. The maximum absolute atomic E-state index is 8.62. The zero-order valence-electron chi connectivity index (χ0n) is 9.76. The number of benzene rings is 1. The molecule has 0 saturated carbocycles. The van der Waals surface area contributed by atoms with Crippen molar-refractivity contribution in [1.29, 1.82) is 5.26 Å². The zero-order valence-corrected chi connectivity index (χ0v) is 9.76. The highest BCUT2D eigenvalue weighted by atomic mass is 15.1. The van der Waals surface area contributed by atoms with Crippen LogP contribution in [0.1, 0.15) is 18.9 Å². The Kier molecular flexibility index (Phi) is 5.55. The van der Waals surface area contributed by atoms with Crippen LogP contribution in [0, 0.1) is 11.3 Å². The number of hydrogen-bond acceptors (Lipinski definition) is 3. The first-order valence-corrected chi connectivity index (χ1v) is 5.67. The van der Waals surface area contributed by atoms with E-state index < -0.39 is 0 Å². The molecular formula is C13H19N3. The minimum Gasteiger partial charge on any atom is -0.316 e. The first-order chi connectivity index (χ1) is 7.76. The topological polar surface area (TPSA) is 53.0 Å². The first-order valence-electron chi connectivity index (χ1n) is 5.67. The van der Waals surface area contributed by atoms with Gasteiger partial charge in [-0.15, -0.1) is 0 Å². The summed E-state index contributed by atoms with van der Waals surface area (Å²) in [7, 11) is 0. The smallest absolute Gasteiger partial charge is 0.0940 e. The van der Waals surface area contributed by atoms with Crippen molar-refractivity contribution in [3.05, 3.63) is 35.9 Å². The second-order valence-corrected chi connectivity index (χ2v) is 3.88. The van der Waals surface area contributed by atoms with Crippen LogP contribution in [0.25, 0.3) is 0 Å². The fourth-order valence-corrected chi connectivity index (χ4v) is 1.58. The predicted octanol–water partition coefficient (Wildman–Crippen LogP) is 1.75. The van der Waals surface area contributed by atoms with E-state index in [4.69, 9.17) is 11.0 Å². The van der Waals surface area contributed by atoms with Gasteiger partial charge in [0, 0.05) is 13.1 Å². The van der Waals surface area contributed by atoms with E-state index >= 15 is 0 Å². The van der Waals surface area contributed by atoms with Crippen molar-refractivity contribution in [2.45, 2.75) is 25.9 Å². The van der Waals surface area contributed by atoms with Gasteiger partial charge in [0.15, 0.2) is 0 Å². The minimum atomic E-state index is -0.343. The van der Waals surface area contributed by atoms with E-state index in [0.717, 1.165) is 26.1 Å². The van der Waals surface area contributed by atoms with E-state index in [2.05, 4.69) is 30.0 Å². The average Bonchev–Trinajstić information content (AvgIpc) is 2.35. The second-order valence-electron chi connectivity index (χ2n) is 3.88. The largest absolute Gasteiger partial charge is 0.316 e. The highest BCUT2D eigenvalue weighted by Gasteiger charge is 2.06. The molecule has 1 aromatic rings. The van der Waals surface area contributed by atoms with Gasteiger partial charge < -0.3 is 5.73 Å². The molecule has 0 aliphatic rings. The molecule has 86 valence electrons. The molecule has 1 rings (SSSR count). The summed E-state index contributed by atoms with van der Waals surface area (Å²) in [5.74, 6) is 0. The van der Waals surface area contributed by atoms with Crippen LogP contribution >= 0.6 is 0 Å². The summed E-state index contributed by atoms with van der Waals surface area (Å²) < 4.78 is 0. The lowest BCUT2D eigenvalue weighted by molar-refractivity contribution is 0.273. The van der Waals surface area contributed by atoms with Crippen molar-refractivity contribution in [2.75, 3.05) is 13.1 Å². The quantitative estimate of drug-likeness (QED) is 0.789. The number of nitrogens with zero attached hydrogens (tertiary/aromatic N) is 2. The van der Waals surface area contributed by atoms with Crippen LogP contribution < -0.4 is 5.73 Å². The first kappa shape index (κ1) is 12.7. The number of hydrogen-bond donors (Lipinski definition) is 1. The molecule has 0 spiro atoms. The van der Waals surface area contributed by atoms with Gasteiger partial charge in [0.25, 0.3) is 0 Å². The van der Waals surface area contributed by atoms with E-state index in [0.29, 0.717) is 0 Å². The molecule has 0 bridgehead atoms. The van der Waals surface area contributed by atoms with Gasteiger partial charge >= 0.3 is 0 Å². The fourth-order valence-electron chi connectivity index (χ4n) is 1.58. The predicted molar refractivity (Wildman–Crippen MR) is 65.6 cm³/mol. The van der Waals surface area contributed by atoms with Gasteiger partial charge in [-0.05, 0) is 18.5 Å². The Balaban J connectivity index is 2.41. The lowest BCUT2D eigenvalue weighted by Gasteiger charge is -2.20. The minimum absolute atomic E-state index is 0.343. The Labute approximate surface area is 97.5 Å². The SMILES string of the molecule is CCN(CCC(N)C#N)Cc1ccccc1. The molecule has 0 heterocycles. The molecule has 3 nitrogen and oxygen atoms in total. The highest BCUT2D eigenvalue weighted by molar-refractivity contribution is 5.14. The monoisotopic (exact) mass is 217 g/mol. The molecule has 16 heavy (non-hydrogen) atoms. The van der Waals surface area contributed by atoms with Crippen molar-refractivity contribution in [1.82, 2.24) is 4.90 Å². The molecule has 1 atom stereocenters. The molecule has 3 heteroatoms. The van der Waals surface area contributed by atoms with Gasteiger partial charge in [0.2, 0.25) is 0 Å². The molecule has 2 N–H and O–H groups in total. The van der Waals surface area contributed by atoms with Crippen LogP contribution in [-0.4, -0.2) is 24.0 Å². The lowest BCUT2D eigenvalue weighted by atomic mass is 10.2. The van der Waals surface area contributed by atoms with Crippen molar-refractivity contribution in [3.8, 4) is 6.07 Å². The molecule has 0 radical (unpaired) electrons. The summed E-state index contributed by atoms with van der Waals surface area (Å²) in [5.41, 5.74) is 6.88. The molecule has 0 amide bonds. The summed E-state index contributed by atoms with van der Waals surface area (Å²) >= 11 is 0.